The van der Waals surface area contributed by atoms with Gasteiger partial charge in [0.25, 0.3) is 0 Å². The highest BCUT2D eigenvalue weighted by Crippen LogP contribution is 2.22. The molecule has 132 valence electrons. The second-order valence-corrected chi connectivity index (χ2v) is 6.93. The number of rotatable bonds is 6. The Morgan fingerprint density at radius 1 is 1.20 bits per heavy atom. The number of ether oxygens (including phenoxy) is 1. The molecule has 0 aliphatic carbocycles. The molecular formula is C15H16N4O5S. The minimum atomic E-state index is -3.80. The smallest absolute Gasteiger partial charge is 0.246 e. The number of nitrogens with zero attached hydrogens (tertiary/aromatic N) is 3. The van der Waals surface area contributed by atoms with E-state index < -0.39 is 10.0 Å². The van der Waals surface area contributed by atoms with Gasteiger partial charge in [0.2, 0.25) is 21.7 Å². The van der Waals surface area contributed by atoms with Gasteiger partial charge < -0.3 is 13.8 Å². The van der Waals surface area contributed by atoms with Crippen LogP contribution >= 0.6 is 0 Å². The molecule has 0 spiro atoms. The van der Waals surface area contributed by atoms with Gasteiger partial charge in [-0.05, 0) is 26.0 Å². The average molecular weight is 364 g/mol. The Labute approximate surface area is 144 Å². The Hall–Kier alpha value is -2.72. The maximum Gasteiger partial charge on any atom is 0.246 e. The third kappa shape index (κ3) is 3.54. The first-order valence-corrected chi connectivity index (χ1v) is 8.78. The molecule has 25 heavy (non-hydrogen) atoms. The molecule has 3 rings (SSSR count). The Morgan fingerprint density at radius 2 is 2.00 bits per heavy atom. The van der Waals surface area contributed by atoms with E-state index in [-0.39, 0.29) is 28.8 Å². The second-order valence-electron chi connectivity index (χ2n) is 5.22. The van der Waals surface area contributed by atoms with Gasteiger partial charge in [-0.15, -0.1) is 0 Å². The second kappa shape index (κ2) is 6.65. The molecule has 0 bridgehead atoms. The molecule has 0 unspecified atom stereocenters. The molecular weight excluding hydrogens is 348 g/mol. The van der Waals surface area contributed by atoms with E-state index in [0.717, 1.165) is 0 Å². The van der Waals surface area contributed by atoms with E-state index in [0.29, 0.717) is 17.1 Å². The molecule has 2 aromatic heterocycles. The third-order valence-corrected chi connectivity index (χ3v) is 5.09. The predicted molar refractivity (Wildman–Crippen MR) is 86.3 cm³/mol. The molecule has 3 aromatic rings. The van der Waals surface area contributed by atoms with E-state index in [1.807, 2.05) is 0 Å². The Bertz CT molecular complexity index is 974. The van der Waals surface area contributed by atoms with Crippen LogP contribution in [0.15, 0.2) is 38.2 Å². The van der Waals surface area contributed by atoms with E-state index in [1.54, 1.807) is 38.3 Å². The van der Waals surface area contributed by atoms with Crippen molar-refractivity contribution in [3.8, 4) is 17.1 Å². The van der Waals surface area contributed by atoms with Crippen LogP contribution in [0.3, 0.4) is 0 Å². The van der Waals surface area contributed by atoms with Crippen LogP contribution in [0.1, 0.15) is 17.3 Å². The summed E-state index contributed by atoms with van der Waals surface area (Å²) in [6.07, 6.45) is 0. The zero-order valence-electron chi connectivity index (χ0n) is 13.8. The highest BCUT2D eigenvalue weighted by atomic mass is 32.2. The van der Waals surface area contributed by atoms with Crippen molar-refractivity contribution in [1.82, 2.24) is 20.0 Å². The van der Waals surface area contributed by atoms with Gasteiger partial charge in [-0.25, -0.2) is 13.1 Å². The number of hydrogen-bond donors (Lipinski definition) is 1. The van der Waals surface area contributed by atoms with Crippen LogP contribution in [-0.2, 0) is 16.6 Å². The first-order chi connectivity index (χ1) is 11.9. The van der Waals surface area contributed by atoms with Crippen molar-refractivity contribution in [3.05, 3.63) is 41.6 Å². The summed E-state index contributed by atoms with van der Waals surface area (Å²) in [5.41, 5.74) is 0.982. The van der Waals surface area contributed by atoms with Crippen LogP contribution in [0.4, 0.5) is 0 Å². The molecule has 10 heteroatoms. The molecule has 0 saturated heterocycles. The molecule has 1 aromatic carbocycles. The number of aryl methyl sites for hydroxylation is 2. The minimum Gasteiger partial charge on any atom is -0.497 e. The maximum atomic E-state index is 12.4. The monoisotopic (exact) mass is 364 g/mol. The summed E-state index contributed by atoms with van der Waals surface area (Å²) >= 11 is 0. The van der Waals surface area contributed by atoms with Gasteiger partial charge in [0.15, 0.2) is 5.76 Å². The van der Waals surface area contributed by atoms with E-state index in [9.17, 15) is 8.42 Å². The number of benzene rings is 1. The van der Waals surface area contributed by atoms with Crippen LogP contribution in [0, 0.1) is 13.8 Å². The SMILES string of the molecule is COc1cccc(-c2noc(CNS(=O)(=O)c3c(C)noc3C)n2)c1. The lowest BCUT2D eigenvalue weighted by Crippen LogP contribution is -2.24. The van der Waals surface area contributed by atoms with Crippen molar-refractivity contribution in [2.24, 2.45) is 0 Å². The first kappa shape index (κ1) is 17.1. The number of hydrogen-bond acceptors (Lipinski definition) is 8. The zero-order valence-corrected chi connectivity index (χ0v) is 14.6. The minimum absolute atomic E-state index is 0.0139. The molecule has 0 fully saturated rings. The van der Waals surface area contributed by atoms with Crippen molar-refractivity contribution < 1.29 is 22.2 Å². The fraction of sp³-hybridized carbons (Fsp3) is 0.267. The number of nitrogens with one attached hydrogen (secondary N) is 1. The van der Waals surface area contributed by atoms with Crippen LogP contribution in [-0.4, -0.2) is 30.8 Å². The van der Waals surface area contributed by atoms with Crippen LogP contribution < -0.4 is 9.46 Å². The lowest BCUT2D eigenvalue weighted by Gasteiger charge is -2.03. The topological polar surface area (TPSA) is 120 Å². The number of aromatic nitrogens is 3. The lowest BCUT2D eigenvalue weighted by molar-refractivity contribution is 0.375. The van der Waals surface area contributed by atoms with Crippen molar-refractivity contribution in [2.75, 3.05) is 7.11 Å². The first-order valence-electron chi connectivity index (χ1n) is 7.30. The van der Waals surface area contributed by atoms with Crippen LogP contribution in [0.5, 0.6) is 5.75 Å². The summed E-state index contributed by atoms with van der Waals surface area (Å²) in [6.45, 7) is 2.93. The molecule has 0 aliphatic heterocycles. The predicted octanol–water partition coefficient (Wildman–Crippen LogP) is 1.83. The Morgan fingerprint density at radius 3 is 2.68 bits per heavy atom. The molecule has 2 heterocycles. The highest BCUT2D eigenvalue weighted by molar-refractivity contribution is 7.89. The van der Waals surface area contributed by atoms with E-state index in [2.05, 4.69) is 20.0 Å². The van der Waals surface area contributed by atoms with Gasteiger partial charge in [0, 0.05) is 5.56 Å². The van der Waals surface area contributed by atoms with Crippen molar-refractivity contribution in [3.63, 3.8) is 0 Å². The van der Waals surface area contributed by atoms with E-state index in [1.165, 1.54) is 6.92 Å². The zero-order chi connectivity index (χ0) is 18.0. The van der Waals surface area contributed by atoms with Gasteiger partial charge in [-0.1, -0.05) is 22.4 Å². The fourth-order valence-corrected chi connectivity index (χ4v) is 3.59. The van der Waals surface area contributed by atoms with Crippen molar-refractivity contribution in [1.29, 1.82) is 0 Å². The van der Waals surface area contributed by atoms with Crippen LogP contribution in [0.2, 0.25) is 0 Å². The van der Waals surface area contributed by atoms with Crippen molar-refractivity contribution in [2.45, 2.75) is 25.3 Å². The van der Waals surface area contributed by atoms with Gasteiger partial charge in [0.1, 0.15) is 16.3 Å². The summed E-state index contributed by atoms with van der Waals surface area (Å²) in [7, 11) is -2.24. The summed E-state index contributed by atoms with van der Waals surface area (Å²) in [5.74, 6) is 1.34. The summed E-state index contributed by atoms with van der Waals surface area (Å²) in [4.78, 5) is 4.20. The number of sulfonamides is 1. The van der Waals surface area contributed by atoms with Crippen LogP contribution in [0.25, 0.3) is 11.4 Å². The van der Waals surface area contributed by atoms with E-state index in [4.69, 9.17) is 13.8 Å². The summed E-state index contributed by atoms with van der Waals surface area (Å²) < 4.78 is 42.2. The average Bonchev–Trinajstić information content (AvgIpc) is 3.20. The van der Waals surface area contributed by atoms with Gasteiger partial charge in [-0.3, -0.25) is 0 Å². The molecule has 0 atom stereocenters. The lowest BCUT2D eigenvalue weighted by atomic mass is 10.2. The molecule has 1 N–H and O–H groups in total. The normalized spacial score (nSPS) is 11.6. The Kier molecular flexibility index (Phi) is 4.55. The fourth-order valence-electron chi connectivity index (χ4n) is 2.29. The van der Waals surface area contributed by atoms with Gasteiger partial charge in [0.05, 0.1) is 13.7 Å². The highest BCUT2D eigenvalue weighted by Gasteiger charge is 2.24. The summed E-state index contributed by atoms with van der Waals surface area (Å²) in [5, 5.41) is 7.49. The van der Waals surface area contributed by atoms with Gasteiger partial charge >= 0.3 is 0 Å². The molecule has 9 nitrogen and oxygen atoms in total. The third-order valence-electron chi connectivity index (χ3n) is 3.45. The van der Waals surface area contributed by atoms with Crippen molar-refractivity contribution >= 4 is 10.0 Å². The maximum absolute atomic E-state index is 12.4. The quantitative estimate of drug-likeness (QED) is 0.703. The van der Waals surface area contributed by atoms with E-state index >= 15 is 0 Å². The summed E-state index contributed by atoms with van der Waals surface area (Å²) in [6, 6.07) is 7.14. The Balaban J connectivity index is 1.76. The number of methoxy groups -OCH3 is 1. The molecule has 0 saturated carbocycles. The largest absolute Gasteiger partial charge is 0.497 e. The standard InChI is InChI=1S/C15H16N4O5S/c1-9-14(10(2)23-18-9)25(20,21)16-8-13-17-15(19-24-13)11-5-4-6-12(7-11)22-3/h4-7,16H,8H2,1-3H3. The molecule has 0 amide bonds. The molecule has 0 aliphatic rings. The van der Waals surface area contributed by atoms with Gasteiger partial charge in [-0.2, -0.15) is 4.98 Å². The molecule has 0 radical (unpaired) electrons.